The molecule has 1 heterocycles. The molecule has 0 bridgehead atoms. The molecule has 92 valence electrons. The van der Waals surface area contributed by atoms with Crippen LogP contribution in [0.4, 0.5) is 5.69 Å². The third-order valence-corrected chi connectivity index (χ3v) is 3.15. The number of nitrogens with zero attached hydrogens (tertiary/aromatic N) is 1. The number of nitrogens with two attached hydrogens (primary N) is 1. The zero-order valence-corrected chi connectivity index (χ0v) is 9.63. The van der Waals surface area contributed by atoms with E-state index >= 15 is 0 Å². The summed E-state index contributed by atoms with van der Waals surface area (Å²) in [6.07, 6.45) is -1.72. The monoisotopic (exact) mass is 236 g/mol. The lowest BCUT2D eigenvalue weighted by molar-refractivity contribution is 0.0572. The maximum absolute atomic E-state index is 12.2. The Morgan fingerprint density at radius 2 is 1.94 bits per heavy atom. The number of aliphatic hydroxyl groups is 2. The second-order valence-corrected chi connectivity index (χ2v) is 4.36. The summed E-state index contributed by atoms with van der Waals surface area (Å²) < 4.78 is 0. The van der Waals surface area contributed by atoms with Gasteiger partial charge in [0.25, 0.3) is 5.91 Å². The highest BCUT2D eigenvalue weighted by Gasteiger charge is 2.33. The lowest BCUT2D eigenvalue weighted by atomic mass is 10.1. The lowest BCUT2D eigenvalue weighted by Crippen LogP contribution is -2.30. The van der Waals surface area contributed by atoms with Gasteiger partial charge >= 0.3 is 0 Å². The number of amides is 1. The van der Waals surface area contributed by atoms with Crippen molar-refractivity contribution in [3.05, 3.63) is 29.3 Å². The summed E-state index contributed by atoms with van der Waals surface area (Å²) in [5.41, 5.74) is 7.56. The maximum Gasteiger partial charge on any atom is 0.254 e. The zero-order valence-electron chi connectivity index (χ0n) is 9.63. The van der Waals surface area contributed by atoms with Gasteiger partial charge in [-0.25, -0.2) is 0 Å². The van der Waals surface area contributed by atoms with Crippen LogP contribution < -0.4 is 5.73 Å². The third-order valence-electron chi connectivity index (χ3n) is 3.15. The van der Waals surface area contributed by atoms with Gasteiger partial charge in [-0.15, -0.1) is 0 Å². The maximum atomic E-state index is 12.2. The second kappa shape index (κ2) is 4.35. The van der Waals surface area contributed by atoms with E-state index in [4.69, 9.17) is 5.73 Å². The van der Waals surface area contributed by atoms with Gasteiger partial charge in [0, 0.05) is 24.3 Å². The topological polar surface area (TPSA) is 86.8 Å². The number of hydrogen-bond acceptors (Lipinski definition) is 4. The van der Waals surface area contributed by atoms with Crippen molar-refractivity contribution < 1.29 is 15.0 Å². The number of carbonyl (C=O) groups is 1. The van der Waals surface area contributed by atoms with Gasteiger partial charge in [0.1, 0.15) is 0 Å². The zero-order chi connectivity index (χ0) is 12.6. The van der Waals surface area contributed by atoms with Crippen molar-refractivity contribution in [2.24, 2.45) is 0 Å². The van der Waals surface area contributed by atoms with Gasteiger partial charge in [-0.05, 0) is 24.6 Å². The van der Waals surface area contributed by atoms with E-state index in [-0.39, 0.29) is 19.0 Å². The average molecular weight is 236 g/mol. The highest BCUT2D eigenvalue weighted by Crippen LogP contribution is 2.20. The van der Waals surface area contributed by atoms with Crippen molar-refractivity contribution >= 4 is 11.6 Å². The molecule has 1 saturated heterocycles. The fourth-order valence-electron chi connectivity index (χ4n) is 1.99. The molecule has 5 heteroatoms. The number of anilines is 1. The second-order valence-electron chi connectivity index (χ2n) is 4.36. The van der Waals surface area contributed by atoms with Gasteiger partial charge in [-0.2, -0.15) is 0 Å². The molecular formula is C12H16N2O3. The fourth-order valence-corrected chi connectivity index (χ4v) is 1.99. The molecule has 1 aliphatic heterocycles. The Kier molecular flexibility index (Phi) is 3.04. The minimum atomic E-state index is -0.861. The molecular weight excluding hydrogens is 220 g/mol. The van der Waals surface area contributed by atoms with Crippen LogP contribution in [0.25, 0.3) is 0 Å². The molecule has 1 fully saturated rings. The minimum Gasteiger partial charge on any atom is -0.398 e. The first kappa shape index (κ1) is 11.9. The average Bonchev–Trinajstić information content (AvgIpc) is 2.62. The van der Waals surface area contributed by atoms with Crippen molar-refractivity contribution in [2.75, 3.05) is 18.8 Å². The molecule has 1 amide bonds. The molecule has 2 rings (SSSR count). The SMILES string of the molecule is Cc1c(N)cccc1C(=O)N1CC(O)C(O)C1. The van der Waals surface area contributed by atoms with E-state index < -0.39 is 12.2 Å². The summed E-state index contributed by atoms with van der Waals surface area (Å²) in [6.45, 7) is 2.11. The number of rotatable bonds is 1. The van der Waals surface area contributed by atoms with Crippen LogP contribution in [0.2, 0.25) is 0 Å². The highest BCUT2D eigenvalue weighted by molar-refractivity contribution is 5.97. The van der Waals surface area contributed by atoms with Crippen molar-refractivity contribution in [1.29, 1.82) is 0 Å². The minimum absolute atomic E-state index is 0.161. The number of carbonyl (C=O) groups excluding carboxylic acids is 1. The number of nitrogen functional groups attached to an aromatic ring is 1. The molecule has 1 aromatic rings. The van der Waals surface area contributed by atoms with Crippen LogP contribution in [0.15, 0.2) is 18.2 Å². The van der Waals surface area contributed by atoms with Crippen LogP contribution in [0, 0.1) is 6.92 Å². The summed E-state index contributed by atoms with van der Waals surface area (Å²) in [4.78, 5) is 13.6. The van der Waals surface area contributed by atoms with Crippen LogP contribution in [0.1, 0.15) is 15.9 Å². The predicted molar refractivity (Wildman–Crippen MR) is 63.5 cm³/mol. The van der Waals surface area contributed by atoms with Gasteiger partial charge in [0.2, 0.25) is 0 Å². The van der Waals surface area contributed by atoms with Crippen molar-refractivity contribution in [3.63, 3.8) is 0 Å². The lowest BCUT2D eigenvalue weighted by Gasteiger charge is -2.17. The van der Waals surface area contributed by atoms with E-state index in [2.05, 4.69) is 0 Å². The number of hydrogen-bond donors (Lipinski definition) is 3. The fraction of sp³-hybridized carbons (Fsp3) is 0.417. The van der Waals surface area contributed by atoms with Gasteiger partial charge in [-0.3, -0.25) is 4.79 Å². The Morgan fingerprint density at radius 3 is 2.53 bits per heavy atom. The summed E-state index contributed by atoms with van der Waals surface area (Å²) in [5, 5.41) is 18.8. The Morgan fingerprint density at radius 1 is 1.35 bits per heavy atom. The van der Waals surface area contributed by atoms with E-state index in [1.165, 1.54) is 4.90 Å². The quantitative estimate of drug-likeness (QED) is 0.587. The number of aliphatic hydroxyl groups excluding tert-OH is 2. The molecule has 0 saturated carbocycles. The molecule has 0 aliphatic carbocycles. The molecule has 2 atom stereocenters. The molecule has 0 radical (unpaired) electrons. The standard InChI is InChI=1S/C12H16N2O3/c1-7-8(3-2-4-9(7)13)12(17)14-5-10(15)11(16)6-14/h2-4,10-11,15-16H,5-6,13H2,1H3. The Balaban J connectivity index is 2.24. The van der Waals surface area contributed by atoms with Gasteiger partial charge in [-0.1, -0.05) is 6.07 Å². The molecule has 5 nitrogen and oxygen atoms in total. The van der Waals surface area contributed by atoms with Crippen LogP contribution in [0.5, 0.6) is 0 Å². The molecule has 2 unspecified atom stereocenters. The molecule has 0 aromatic heterocycles. The van der Waals surface area contributed by atoms with Crippen molar-refractivity contribution in [2.45, 2.75) is 19.1 Å². The van der Waals surface area contributed by atoms with Gasteiger partial charge in [0.15, 0.2) is 0 Å². The normalized spacial score (nSPS) is 24.1. The molecule has 1 aromatic carbocycles. The Labute approximate surface area is 99.5 Å². The van der Waals surface area contributed by atoms with Gasteiger partial charge in [0.05, 0.1) is 12.2 Å². The van der Waals surface area contributed by atoms with Crippen LogP contribution in [0.3, 0.4) is 0 Å². The Bertz CT molecular complexity index is 437. The van der Waals surface area contributed by atoms with Gasteiger partial charge < -0.3 is 20.8 Å². The van der Waals surface area contributed by atoms with E-state index in [1.54, 1.807) is 25.1 Å². The first-order chi connectivity index (χ1) is 8.00. The summed E-state index contributed by atoms with van der Waals surface area (Å²) in [6, 6.07) is 5.16. The smallest absolute Gasteiger partial charge is 0.254 e. The largest absolute Gasteiger partial charge is 0.398 e. The van der Waals surface area contributed by atoms with Crippen LogP contribution >= 0.6 is 0 Å². The van der Waals surface area contributed by atoms with Crippen LogP contribution in [-0.2, 0) is 0 Å². The van der Waals surface area contributed by atoms with E-state index in [0.717, 1.165) is 5.56 Å². The third kappa shape index (κ3) is 2.11. The summed E-state index contributed by atoms with van der Waals surface area (Å²) in [5.74, 6) is -0.203. The highest BCUT2D eigenvalue weighted by atomic mass is 16.3. The molecule has 4 N–H and O–H groups in total. The van der Waals surface area contributed by atoms with Crippen molar-refractivity contribution in [1.82, 2.24) is 4.90 Å². The number of β-amino-alcohol motifs (C(OH)–C–C–N with tert-alkyl or cyclic N) is 2. The van der Waals surface area contributed by atoms with E-state index in [0.29, 0.717) is 11.3 Å². The summed E-state index contributed by atoms with van der Waals surface area (Å²) >= 11 is 0. The first-order valence-corrected chi connectivity index (χ1v) is 5.51. The summed E-state index contributed by atoms with van der Waals surface area (Å²) in [7, 11) is 0. The number of benzene rings is 1. The Hall–Kier alpha value is -1.59. The predicted octanol–water partition coefficient (Wildman–Crippen LogP) is -0.245. The van der Waals surface area contributed by atoms with E-state index in [1.807, 2.05) is 0 Å². The van der Waals surface area contributed by atoms with Crippen molar-refractivity contribution in [3.8, 4) is 0 Å². The van der Waals surface area contributed by atoms with Crippen LogP contribution in [-0.4, -0.2) is 46.3 Å². The molecule has 17 heavy (non-hydrogen) atoms. The number of likely N-dealkylation sites (tertiary alicyclic amines) is 1. The molecule has 1 aliphatic rings. The molecule has 0 spiro atoms. The first-order valence-electron chi connectivity index (χ1n) is 5.51. The van der Waals surface area contributed by atoms with E-state index in [9.17, 15) is 15.0 Å².